The molecule has 0 amide bonds. The number of aromatic nitrogens is 1. The molecule has 0 fully saturated rings. The van der Waals surface area contributed by atoms with Gasteiger partial charge in [0, 0.05) is 21.5 Å². The number of aryl methyl sites for hydroxylation is 1. The minimum atomic E-state index is -1.01. The molecule has 0 bridgehead atoms. The number of rotatable bonds is 3. The van der Waals surface area contributed by atoms with Gasteiger partial charge in [-0.05, 0) is 53.8 Å². The van der Waals surface area contributed by atoms with Gasteiger partial charge in [0.2, 0.25) is 0 Å². The SMILES string of the molecule is Cc1cc(Oc2ccc(I)cc2C(=O)O)ccn1. The molecule has 1 heterocycles. The summed E-state index contributed by atoms with van der Waals surface area (Å²) in [5, 5.41) is 9.13. The number of benzene rings is 1. The molecule has 1 aromatic heterocycles. The molecular formula is C13H10INO3. The van der Waals surface area contributed by atoms with E-state index in [4.69, 9.17) is 9.84 Å². The number of nitrogens with zero attached hydrogens (tertiary/aromatic N) is 1. The second kappa shape index (κ2) is 5.34. The average molecular weight is 355 g/mol. The van der Waals surface area contributed by atoms with Gasteiger partial charge >= 0.3 is 5.97 Å². The lowest BCUT2D eigenvalue weighted by Gasteiger charge is -2.09. The van der Waals surface area contributed by atoms with Crippen molar-refractivity contribution in [3.8, 4) is 11.5 Å². The molecule has 4 nitrogen and oxygen atoms in total. The van der Waals surface area contributed by atoms with E-state index >= 15 is 0 Å². The van der Waals surface area contributed by atoms with Crippen LogP contribution in [0, 0.1) is 10.5 Å². The fourth-order valence-corrected chi connectivity index (χ4v) is 1.96. The smallest absolute Gasteiger partial charge is 0.339 e. The molecule has 0 radical (unpaired) electrons. The van der Waals surface area contributed by atoms with Crippen molar-refractivity contribution in [2.24, 2.45) is 0 Å². The maximum absolute atomic E-state index is 11.1. The summed E-state index contributed by atoms with van der Waals surface area (Å²) in [5.41, 5.74) is 0.964. The zero-order chi connectivity index (χ0) is 13.1. The van der Waals surface area contributed by atoms with Gasteiger partial charge in [0.05, 0.1) is 0 Å². The molecule has 0 spiro atoms. The van der Waals surface area contributed by atoms with Gasteiger partial charge in [0.25, 0.3) is 0 Å². The van der Waals surface area contributed by atoms with E-state index in [0.29, 0.717) is 11.5 Å². The van der Waals surface area contributed by atoms with Gasteiger partial charge in [0.1, 0.15) is 17.1 Å². The third kappa shape index (κ3) is 2.98. The van der Waals surface area contributed by atoms with E-state index in [0.717, 1.165) is 9.26 Å². The minimum absolute atomic E-state index is 0.149. The van der Waals surface area contributed by atoms with Gasteiger partial charge in [-0.15, -0.1) is 0 Å². The van der Waals surface area contributed by atoms with Crippen LogP contribution in [-0.4, -0.2) is 16.1 Å². The van der Waals surface area contributed by atoms with Crippen LogP contribution in [-0.2, 0) is 0 Å². The Morgan fingerprint density at radius 3 is 2.78 bits per heavy atom. The fourth-order valence-electron chi connectivity index (χ4n) is 1.47. The van der Waals surface area contributed by atoms with Crippen molar-refractivity contribution in [2.75, 3.05) is 0 Å². The first-order valence-corrected chi connectivity index (χ1v) is 6.27. The van der Waals surface area contributed by atoms with E-state index in [2.05, 4.69) is 27.6 Å². The topological polar surface area (TPSA) is 59.4 Å². The summed E-state index contributed by atoms with van der Waals surface area (Å²) < 4.78 is 6.43. The van der Waals surface area contributed by atoms with Crippen LogP contribution < -0.4 is 4.74 Å². The van der Waals surface area contributed by atoms with E-state index in [1.807, 2.05) is 6.92 Å². The number of ether oxygens (including phenoxy) is 1. The van der Waals surface area contributed by atoms with Crippen LogP contribution in [0.25, 0.3) is 0 Å². The fraction of sp³-hybridized carbons (Fsp3) is 0.0769. The van der Waals surface area contributed by atoms with Gasteiger partial charge < -0.3 is 9.84 Å². The van der Waals surface area contributed by atoms with Gasteiger partial charge in [-0.1, -0.05) is 0 Å². The van der Waals surface area contributed by atoms with Crippen molar-refractivity contribution in [3.05, 3.63) is 51.4 Å². The number of halogens is 1. The summed E-state index contributed by atoms with van der Waals surface area (Å²) in [5.74, 6) is -0.103. The molecular weight excluding hydrogens is 345 g/mol. The Balaban J connectivity index is 2.37. The van der Waals surface area contributed by atoms with Crippen molar-refractivity contribution in [1.29, 1.82) is 0 Å². The molecule has 1 N–H and O–H groups in total. The molecule has 5 heteroatoms. The molecule has 2 aromatic rings. The summed E-state index contributed by atoms with van der Waals surface area (Å²) in [4.78, 5) is 15.2. The lowest BCUT2D eigenvalue weighted by Crippen LogP contribution is -2.00. The zero-order valence-electron chi connectivity index (χ0n) is 9.55. The lowest BCUT2D eigenvalue weighted by atomic mass is 10.2. The predicted octanol–water partition coefficient (Wildman–Crippen LogP) is 3.49. The van der Waals surface area contributed by atoms with Gasteiger partial charge in [0.15, 0.2) is 0 Å². The third-order valence-corrected chi connectivity index (χ3v) is 2.94. The zero-order valence-corrected chi connectivity index (χ0v) is 11.7. The van der Waals surface area contributed by atoms with Crippen molar-refractivity contribution in [3.63, 3.8) is 0 Å². The molecule has 2 rings (SSSR count). The normalized spacial score (nSPS) is 10.1. The Morgan fingerprint density at radius 2 is 2.11 bits per heavy atom. The van der Waals surface area contributed by atoms with Crippen LogP contribution in [0.5, 0.6) is 11.5 Å². The Hall–Kier alpha value is -1.63. The van der Waals surface area contributed by atoms with Gasteiger partial charge in [-0.3, -0.25) is 4.98 Å². The summed E-state index contributed by atoms with van der Waals surface area (Å²) >= 11 is 2.06. The molecule has 0 aliphatic carbocycles. The highest BCUT2D eigenvalue weighted by molar-refractivity contribution is 14.1. The number of carboxylic acid groups (broad SMARTS) is 1. The molecule has 1 aromatic carbocycles. The van der Waals surface area contributed by atoms with E-state index in [1.54, 1.807) is 36.5 Å². The average Bonchev–Trinajstić information content (AvgIpc) is 2.31. The van der Waals surface area contributed by atoms with Crippen LogP contribution in [0.15, 0.2) is 36.5 Å². The van der Waals surface area contributed by atoms with Crippen LogP contribution in [0.1, 0.15) is 16.1 Å². The highest BCUT2D eigenvalue weighted by Crippen LogP contribution is 2.27. The maximum Gasteiger partial charge on any atom is 0.339 e. The van der Waals surface area contributed by atoms with E-state index in [9.17, 15) is 4.79 Å². The molecule has 18 heavy (non-hydrogen) atoms. The number of hydrogen-bond donors (Lipinski definition) is 1. The Kier molecular flexibility index (Phi) is 3.81. The highest BCUT2D eigenvalue weighted by atomic mass is 127. The first-order chi connectivity index (χ1) is 8.56. The first-order valence-electron chi connectivity index (χ1n) is 5.19. The van der Waals surface area contributed by atoms with Gasteiger partial charge in [-0.2, -0.15) is 0 Å². The highest BCUT2D eigenvalue weighted by Gasteiger charge is 2.12. The second-order valence-corrected chi connectivity index (χ2v) is 4.93. The molecule has 0 atom stereocenters. The Labute approximate surface area is 118 Å². The van der Waals surface area contributed by atoms with Gasteiger partial charge in [-0.25, -0.2) is 4.79 Å². The maximum atomic E-state index is 11.1. The second-order valence-electron chi connectivity index (χ2n) is 3.68. The molecule has 0 aliphatic heterocycles. The van der Waals surface area contributed by atoms with Crippen molar-refractivity contribution in [2.45, 2.75) is 6.92 Å². The Bertz CT molecular complexity index is 599. The third-order valence-electron chi connectivity index (χ3n) is 2.27. The summed E-state index contributed by atoms with van der Waals surface area (Å²) in [6.07, 6.45) is 1.62. The minimum Gasteiger partial charge on any atom is -0.478 e. The van der Waals surface area contributed by atoms with Crippen molar-refractivity contribution in [1.82, 2.24) is 4.98 Å². The first kappa shape index (κ1) is 12.8. The van der Waals surface area contributed by atoms with Crippen LogP contribution in [0.2, 0.25) is 0 Å². The number of carboxylic acids is 1. The van der Waals surface area contributed by atoms with E-state index in [1.165, 1.54) is 0 Å². The van der Waals surface area contributed by atoms with E-state index < -0.39 is 5.97 Å². The summed E-state index contributed by atoms with van der Waals surface area (Å²) in [7, 11) is 0. The van der Waals surface area contributed by atoms with E-state index in [-0.39, 0.29) is 5.56 Å². The van der Waals surface area contributed by atoms with Crippen LogP contribution >= 0.6 is 22.6 Å². The number of hydrogen-bond acceptors (Lipinski definition) is 3. The largest absolute Gasteiger partial charge is 0.478 e. The monoisotopic (exact) mass is 355 g/mol. The predicted molar refractivity (Wildman–Crippen MR) is 75.2 cm³/mol. The molecule has 0 saturated heterocycles. The quantitative estimate of drug-likeness (QED) is 0.857. The summed E-state index contributed by atoms with van der Waals surface area (Å²) in [6.45, 7) is 1.85. The number of aromatic carboxylic acids is 1. The lowest BCUT2D eigenvalue weighted by molar-refractivity contribution is 0.0694. The molecule has 0 aliphatic rings. The molecule has 0 unspecified atom stereocenters. The van der Waals surface area contributed by atoms with Crippen molar-refractivity contribution >= 4 is 28.6 Å². The van der Waals surface area contributed by atoms with Crippen molar-refractivity contribution < 1.29 is 14.6 Å². The molecule has 0 saturated carbocycles. The van der Waals surface area contributed by atoms with Crippen LogP contribution in [0.3, 0.4) is 0 Å². The summed E-state index contributed by atoms with van der Waals surface area (Å²) in [6, 6.07) is 8.48. The number of pyridine rings is 1. The van der Waals surface area contributed by atoms with Crippen LogP contribution in [0.4, 0.5) is 0 Å². The number of carbonyl (C=O) groups is 1. The molecule has 92 valence electrons. The standard InChI is InChI=1S/C13H10INO3/c1-8-6-10(4-5-15-8)18-12-3-2-9(14)7-11(12)13(16)17/h2-7H,1H3,(H,16,17). The Morgan fingerprint density at radius 1 is 1.33 bits per heavy atom.